The molecule has 0 N–H and O–H groups in total. The second-order valence-corrected chi connectivity index (χ2v) is 8.04. The van der Waals surface area contributed by atoms with E-state index in [2.05, 4.69) is 46.4 Å². The lowest BCUT2D eigenvalue weighted by atomic mass is 9.53. The smallest absolute Gasteiger partial charge is 0.0125 e. The number of piperidine rings is 1. The highest BCUT2D eigenvalue weighted by Gasteiger charge is 2.49. The molecule has 94 valence electrons. The Morgan fingerprint density at radius 2 is 1.62 bits per heavy atom. The maximum Gasteiger partial charge on any atom is 0.0125 e. The van der Waals surface area contributed by atoms with E-state index in [1.807, 2.05) is 0 Å². The summed E-state index contributed by atoms with van der Waals surface area (Å²) in [6, 6.07) is 0. The van der Waals surface area contributed by atoms with Crippen molar-refractivity contribution in [1.82, 2.24) is 4.90 Å². The zero-order valence-corrected chi connectivity index (χ0v) is 12.0. The number of fused-ring (bicyclic) bond motifs is 1. The molecule has 0 aromatic carbocycles. The first-order valence-electron chi connectivity index (χ1n) is 6.94. The average Bonchev–Trinajstić information content (AvgIpc) is 2.02. The topological polar surface area (TPSA) is 3.24 Å². The second-order valence-electron chi connectivity index (χ2n) is 8.04. The van der Waals surface area contributed by atoms with Gasteiger partial charge in [-0.25, -0.2) is 0 Å². The predicted molar refractivity (Wildman–Crippen MR) is 70.5 cm³/mol. The van der Waals surface area contributed by atoms with Crippen molar-refractivity contribution >= 4 is 0 Å². The lowest BCUT2D eigenvalue weighted by Gasteiger charge is -2.57. The minimum atomic E-state index is 0.373. The van der Waals surface area contributed by atoms with Crippen LogP contribution >= 0.6 is 0 Å². The summed E-state index contributed by atoms with van der Waals surface area (Å²) >= 11 is 0. The van der Waals surface area contributed by atoms with Crippen LogP contribution in [0.25, 0.3) is 0 Å². The first kappa shape index (κ1) is 12.4. The highest BCUT2D eigenvalue weighted by atomic mass is 15.2. The van der Waals surface area contributed by atoms with Gasteiger partial charge in [-0.3, -0.25) is 4.90 Å². The van der Waals surface area contributed by atoms with Crippen LogP contribution in [0.5, 0.6) is 0 Å². The van der Waals surface area contributed by atoms with E-state index in [1.165, 1.54) is 25.9 Å². The summed E-state index contributed by atoms with van der Waals surface area (Å²) in [6.45, 7) is 17.0. The number of hydrogen-bond acceptors (Lipinski definition) is 1. The van der Waals surface area contributed by atoms with E-state index in [0.717, 1.165) is 17.8 Å². The fourth-order valence-corrected chi connectivity index (χ4v) is 3.74. The van der Waals surface area contributed by atoms with Gasteiger partial charge in [0.2, 0.25) is 0 Å². The third-order valence-corrected chi connectivity index (χ3v) is 4.93. The summed E-state index contributed by atoms with van der Waals surface area (Å²) in [4.78, 5) is 2.69. The van der Waals surface area contributed by atoms with Crippen molar-refractivity contribution in [1.29, 1.82) is 0 Å². The van der Waals surface area contributed by atoms with Gasteiger partial charge in [-0.15, -0.1) is 0 Å². The van der Waals surface area contributed by atoms with E-state index >= 15 is 0 Å². The monoisotopic (exact) mass is 223 g/mol. The Bertz CT molecular complexity index is 242. The molecule has 0 bridgehead atoms. The van der Waals surface area contributed by atoms with Gasteiger partial charge in [0, 0.05) is 12.1 Å². The van der Waals surface area contributed by atoms with E-state index in [4.69, 9.17) is 0 Å². The maximum atomic E-state index is 2.69. The molecule has 1 saturated carbocycles. The van der Waals surface area contributed by atoms with Crippen molar-refractivity contribution in [2.24, 2.45) is 23.2 Å². The number of rotatable bonds is 0. The van der Waals surface area contributed by atoms with Crippen molar-refractivity contribution < 1.29 is 0 Å². The molecule has 0 aromatic rings. The van der Waals surface area contributed by atoms with Crippen molar-refractivity contribution in [3.63, 3.8) is 0 Å². The molecule has 1 nitrogen and oxygen atoms in total. The molecule has 2 rings (SSSR count). The second kappa shape index (κ2) is 3.73. The molecule has 16 heavy (non-hydrogen) atoms. The van der Waals surface area contributed by atoms with Gasteiger partial charge >= 0.3 is 0 Å². The Kier molecular flexibility index (Phi) is 2.89. The van der Waals surface area contributed by atoms with Crippen LogP contribution in [0.1, 0.15) is 54.4 Å². The van der Waals surface area contributed by atoms with E-state index in [0.29, 0.717) is 11.0 Å². The average molecular weight is 223 g/mol. The summed E-state index contributed by atoms with van der Waals surface area (Å²) in [5.41, 5.74) is 0.906. The van der Waals surface area contributed by atoms with Gasteiger partial charge in [-0.05, 0) is 63.3 Å². The molecule has 2 fully saturated rings. The normalized spacial score (nSPS) is 36.8. The summed E-state index contributed by atoms with van der Waals surface area (Å²) in [6.07, 6.45) is 2.91. The van der Waals surface area contributed by atoms with Crippen LogP contribution in [0.15, 0.2) is 0 Å². The number of hydrogen-bond donors (Lipinski definition) is 0. The van der Waals surface area contributed by atoms with E-state index in [-0.39, 0.29) is 0 Å². The SMILES string of the molecule is CC(C)(C)C1CC2CN(C(C)(C)C)CCC21. The van der Waals surface area contributed by atoms with Crippen molar-refractivity contribution in [2.75, 3.05) is 13.1 Å². The first-order chi connectivity index (χ1) is 7.19. The number of nitrogens with zero attached hydrogens (tertiary/aromatic N) is 1. The predicted octanol–water partition coefficient (Wildman–Crippen LogP) is 3.79. The van der Waals surface area contributed by atoms with Gasteiger partial charge in [0.15, 0.2) is 0 Å². The molecule has 1 heteroatoms. The van der Waals surface area contributed by atoms with E-state index in [1.54, 1.807) is 0 Å². The van der Waals surface area contributed by atoms with Crippen LogP contribution in [0.2, 0.25) is 0 Å². The third-order valence-electron chi connectivity index (χ3n) is 4.93. The fourth-order valence-electron chi connectivity index (χ4n) is 3.74. The Morgan fingerprint density at radius 3 is 2.06 bits per heavy atom. The summed E-state index contributed by atoms with van der Waals surface area (Å²) < 4.78 is 0. The Morgan fingerprint density at radius 1 is 1.00 bits per heavy atom. The maximum absolute atomic E-state index is 2.69. The molecule has 1 aliphatic carbocycles. The molecule has 0 amide bonds. The largest absolute Gasteiger partial charge is 0.298 e. The molecule has 2 aliphatic rings. The molecule has 0 spiro atoms. The zero-order chi connectivity index (χ0) is 12.1. The molecular formula is C15H29N. The fraction of sp³-hybridized carbons (Fsp3) is 1.00. The minimum absolute atomic E-state index is 0.373. The summed E-state index contributed by atoms with van der Waals surface area (Å²) in [7, 11) is 0. The van der Waals surface area contributed by atoms with Gasteiger partial charge in [0.1, 0.15) is 0 Å². The lowest BCUT2D eigenvalue weighted by molar-refractivity contribution is -0.0827. The third kappa shape index (κ3) is 2.16. The Hall–Kier alpha value is -0.0400. The van der Waals surface area contributed by atoms with Crippen LogP contribution in [-0.2, 0) is 0 Å². The minimum Gasteiger partial charge on any atom is -0.298 e. The van der Waals surface area contributed by atoms with Crippen LogP contribution in [0.3, 0.4) is 0 Å². The molecule has 1 heterocycles. The molecule has 1 aliphatic heterocycles. The van der Waals surface area contributed by atoms with Crippen LogP contribution in [0, 0.1) is 23.2 Å². The van der Waals surface area contributed by atoms with Crippen LogP contribution < -0.4 is 0 Å². The Balaban J connectivity index is 1.94. The molecule has 3 atom stereocenters. The number of likely N-dealkylation sites (tertiary alicyclic amines) is 1. The van der Waals surface area contributed by atoms with Crippen LogP contribution in [0.4, 0.5) is 0 Å². The van der Waals surface area contributed by atoms with Gasteiger partial charge in [-0.2, -0.15) is 0 Å². The molecule has 3 unspecified atom stereocenters. The van der Waals surface area contributed by atoms with Gasteiger partial charge in [0.25, 0.3) is 0 Å². The summed E-state index contributed by atoms with van der Waals surface area (Å²) in [5, 5.41) is 0. The van der Waals surface area contributed by atoms with Crippen LogP contribution in [-0.4, -0.2) is 23.5 Å². The molecular weight excluding hydrogens is 194 g/mol. The lowest BCUT2D eigenvalue weighted by Crippen LogP contribution is -2.57. The highest BCUT2D eigenvalue weighted by molar-refractivity contribution is 5.00. The molecule has 0 radical (unpaired) electrons. The van der Waals surface area contributed by atoms with Gasteiger partial charge in [-0.1, -0.05) is 20.8 Å². The van der Waals surface area contributed by atoms with Crippen molar-refractivity contribution in [3.05, 3.63) is 0 Å². The molecule has 1 saturated heterocycles. The molecule has 0 aromatic heterocycles. The highest BCUT2D eigenvalue weighted by Crippen LogP contribution is 2.53. The van der Waals surface area contributed by atoms with Crippen molar-refractivity contribution in [3.8, 4) is 0 Å². The van der Waals surface area contributed by atoms with E-state index in [9.17, 15) is 0 Å². The standard InChI is InChI=1S/C15H29N/c1-14(2,3)13-9-11-10-16(15(4,5)6)8-7-12(11)13/h11-13H,7-10H2,1-6H3. The van der Waals surface area contributed by atoms with E-state index < -0.39 is 0 Å². The van der Waals surface area contributed by atoms with Crippen molar-refractivity contribution in [2.45, 2.75) is 59.9 Å². The quantitative estimate of drug-likeness (QED) is 0.604. The summed E-state index contributed by atoms with van der Waals surface area (Å²) in [5.74, 6) is 3.01. The van der Waals surface area contributed by atoms with Gasteiger partial charge < -0.3 is 0 Å². The zero-order valence-electron chi connectivity index (χ0n) is 12.0. The van der Waals surface area contributed by atoms with Gasteiger partial charge in [0.05, 0.1) is 0 Å². The Labute approximate surface area is 102 Å². The first-order valence-corrected chi connectivity index (χ1v) is 6.94.